The Labute approximate surface area is 148 Å². The molecule has 1 unspecified atom stereocenters. The molecule has 0 spiro atoms. The molecule has 25 heavy (non-hydrogen) atoms. The number of allylic oxidation sites excluding steroid dienone is 2. The first-order valence-electron chi connectivity index (χ1n) is 8.78. The quantitative estimate of drug-likeness (QED) is 0.762. The van der Waals surface area contributed by atoms with Crippen LogP contribution in [0.3, 0.4) is 0 Å². The molecule has 1 aliphatic heterocycles. The highest BCUT2D eigenvalue weighted by molar-refractivity contribution is 7.89. The molecule has 2 heterocycles. The van der Waals surface area contributed by atoms with Gasteiger partial charge < -0.3 is 9.42 Å². The highest BCUT2D eigenvalue weighted by Gasteiger charge is 2.33. The van der Waals surface area contributed by atoms with Crippen molar-refractivity contribution >= 4 is 15.9 Å². The molecular weight excluding hydrogens is 342 g/mol. The van der Waals surface area contributed by atoms with E-state index in [1.165, 1.54) is 4.31 Å². The molecule has 0 radical (unpaired) electrons. The van der Waals surface area contributed by atoms with Crippen LogP contribution in [0.2, 0.25) is 0 Å². The predicted molar refractivity (Wildman–Crippen MR) is 92.4 cm³/mol. The Morgan fingerprint density at radius 3 is 2.64 bits per heavy atom. The Morgan fingerprint density at radius 2 is 2.00 bits per heavy atom. The van der Waals surface area contributed by atoms with E-state index in [0.29, 0.717) is 44.1 Å². The van der Waals surface area contributed by atoms with Gasteiger partial charge in [0.15, 0.2) is 5.76 Å². The SMILES string of the molecule is Cc1noc(C)c1S(=O)(=O)N1CCCN(C(=O)C2CC=CCC2)CC1. The second kappa shape index (κ2) is 7.29. The molecule has 0 aromatic carbocycles. The Hall–Kier alpha value is -1.67. The lowest BCUT2D eigenvalue weighted by Gasteiger charge is -2.27. The molecule has 1 atom stereocenters. The molecule has 8 heteroatoms. The van der Waals surface area contributed by atoms with Crippen molar-refractivity contribution in [1.82, 2.24) is 14.4 Å². The summed E-state index contributed by atoms with van der Waals surface area (Å²) in [6.07, 6.45) is 7.43. The summed E-state index contributed by atoms with van der Waals surface area (Å²) < 4.78 is 32.3. The van der Waals surface area contributed by atoms with E-state index in [-0.39, 0.29) is 16.7 Å². The molecule has 7 nitrogen and oxygen atoms in total. The van der Waals surface area contributed by atoms with Gasteiger partial charge in [0.05, 0.1) is 0 Å². The molecule has 2 aliphatic rings. The van der Waals surface area contributed by atoms with Crippen molar-refractivity contribution < 1.29 is 17.7 Å². The molecule has 1 amide bonds. The van der Waals surface area contributed by atoms with Gasteiger partial charge in [-0.1, -0.05) is 17.3 Å². The van der Waals surface area contributed by atoms with Crippen molar-refractivity contribution in [3.8, 4) is 0 Å². The van der Waals surface area contributed by atoms with E-state index in [0.717, 1.165) is 19.3 Å². The summed E-state index contributed by atoms with van der Waals surface area (Å²) in [7, 11) is -3.65. The summed E-state index contributed by atoms with van der Waals surface area (Å²) in [6, 6.07) is 0. The third-order valence-electron chi connectivity index (χ3n) is 4.95. The molecular formula is C17H25N3O4S. The molecule has 138 valence electrons. The van der Waals surface area contributed by atoms with Gasteiger partial charge in [-0.2, -0.15) is 4.31 Å². The second-order valence-corrected chi connectivity index (χ2v) is 8.59. The van der Waals surface area contributed by atoms with E-state index < -0.39 is 10.0 Å². The summed E-state index contributed by atoms with van der Waals surface area (Å²) >= 11 is 0. The number of amides is 1. The van der Waals surface area contributed by atoms with Crippen molar-refractivity contribution in [2.45, 2.75) is 44.4 Å². The average molecular weight is 367 g/mol. The van der Waals surface area contributed by atoms with Crippen LogP contribution in [0.15, 0.2) is 21.6 Å². The average Bonchev–Trinajstić information content (AvgIpc) is 2.81. The molecule has 1 saturated heterocycles. The highest BCUT2D eigenvalue weighted by Crippen LogP contribution is 2.25. The van der Waals surface area contributed by atoms with E-state index in [9.17, 15) is 13.2 Å². The number of sulfonamides is 1. The van der Waals surface area contributed by atoms with Crippen LogP contribution < -0.4 is 0 Å². The smallest absolute Gasteiger partial charge is 0.248 e. The first-order valence-corrected chi connectivity index (χ1v) is 10.2. The third kappa shape index (κ3) is 3.64. The largest absolute Gasteiger partial charge is 0.360 e. The highest BCUT2D eigenvalue weighted by atomic mass is 32.2. The van der Waals surface area contributed by atoms with Crippen LogP contribution in [0.1, 0.15) is 37.1 Å². The molecule has 1 aromatic heterocycles. The molecule has 0 N–H and O–H groups in total. The molecule has 0 bridgehead atoms. The minimum atomic E-state index is -3.65. The Kier molecular flexibility index (Phi) is 5.29. The zero-order valence-corrected chi connectivity index (χ0v) is 15.6. The minimum absolute atomic E-state index is 0.0377. The predicted octanol–water partition coefficient (Wildman–Crippen LogP) is 1.87. The van der Waals surface area contributed by atoms with Crippen molar-refractivity contribution in [3.63, 3.8) is 0 Å². The van der Waals surface area contributed by atoms with E-state index >= 15 is 0 Å². The third-order valence-corrected chi connectivity index (χ3v) is 7.09. The first kappa shape index (κ1) is 18.1. The van der Waals surface area contributed by atoms with Gasteiger partial charge in [-0.15, -0.1) is 0 Å². The van der Waals surface area contributed by atoms with Gasteiger partial charge in [0, 0.05) is 32.1 Å². The number of rotatable bonds is 3. The van der Waals surface area contributed by atoms with Gasteiger partial charge in [0.25, 0.3) is 0 Å². The summed E-state index contributed by atoms with van der Waals surface area (Å²) in [5.74, 6) is 0.500. The van der Waals surface area contributed by atoms with Gasteiger partial charge in [-0.05, 0) is 39.5 Å². The number of carbonyl (C=O) groups excluding carboxylic acids is 1. The minimum Gasteiger partial charge on any atom is -0.360 e. The van der Waals surface area contributed by atoms with Crippen molar-refractivity contribution in [2.75, 3.05) is 26.2 Å². The molecule has 3 rings (SSSR count). The van der Waals surface area contributed by atoms with Gasteiger partial charge >= 0.3 is 0 Å². The fraction of sp³-hybridized carbons (Fsp3) is 0.647. The maximum absolute atomic E-state index is 12.9. The Morgan fingerprint density at radius 1 is 1.20 bits per heavy atom. The number of nitrogens with zero attached hydrogens (tertiary/aromatic N) is 3. The van der Waals surface area contributed by atoms with E-state index in [1.54, 1.807) is 13.8 Å². The number of carbonyl (C=O) groups is 1. The maximum Gasteiger partial charge on any atom is 0.248 e. The standard InChI is InChI=1S/C17H25N3O4S/c1-13-16(14(2)24-18-13)25(22,23)20-10-6-9-19(11-12-20)17(21)15-7-4-3-5-8-15/h3-4,15H,5-12H2,1-2H3. The van der Waals surface area contributed by atoms with Crippen molar-refractivity contribution in [3.05, 3.63) is 23.6 Å². The van der Waals surface area contributed by atoms with E-state index in [2.05, 4.69) is 17.3 Å². The lowest BCUT2D eigenvalue weighted by molar-refractivity contribution is -0.135. The fourth-order valence-electron chi connectivity index (χ4n) is 3.60. The van der Waals surface area contributed by atoms with Crippen LogP contribution in [0.4, 0.5) is 0 Å². The normalized spacial score (nSPS) is 22.8. The Balaban J connectivity index is 1.71. The second-order valence-electron chi connectivity index (χ2n) is 6.72. The van der Waals surface area contributed by atoms with Gasteiger partial charge in [0.2, 0.25) is 15.9 Å². The molecule has 1 fully saturated rings. The van der Waals surface area contributed by atoms with Gasteiger partial charge in [0.1, 0.15) is 10.6 Å². The monoisotopic (exact) mass is 367 g/mol. The lowest BCUT2D eigenvalue weighted by Crippen LogP contribution is -2.40. The number of hydrogen-bond acceptors (Lipinski definition) is 5. The number of aromatic nitrogens is 1. The van der Waals surface area contributed by atoms with Crippen LogP contribution >= 0.6 is 0 Å². The van der Waals surface area contributed by atoms with Crippen LogP contribution in [-0.2, 0) is 14.8 Å². The van der Waals surface area contributed by atoms with Gasteiger partial charge in [-0.3, -0.25) is 4.79 Å². The van der Waals surface area contributed by atoms with E-state index in [4.69, 9.17) is 4.52 Å². The number of hydrogen-bond donors (Lipinski definition) is 0. The maximum atomic E-state index is 12.9. The summed E-state index contributed by atoms with van der Waals surface area (Å²) in [4.78, 5) is 14.7. The van der Waals surface area contributed by atoms with Crippen LogP contribution in [0.5, 0.6) is 0 Å². The topological polar surface area (TPSA) is 83.7 Å². The first-order chi connectivity index (χ1) is 11.9. The fourth-order valence-corrected chi connectivity index (χ4v) is 5.36. The van der Waals surface area contributed by atoms with Crippen LogP contribution in [0.25, 0.3) is 0 Å². The zero-order chi connectivity index (χ0) is 18.0. The summed E-state index contributed by atoms with van der Waals surface area (Å²) in [6.45, 7) is 4.99. The van der Waals surface area contributed by atoms with Crippen LogP contribution in [-0.4, -0.2) is 54.9 Å². The molecule has 1 aromatic rings. The molecule has 0 saturated carbocycles. The Bertz CT molecular complexity index is 749. The van der Waals surface area contributed by atoms with Crippen molar-refractivity contribution in [2.24, 2.45) is 5.92 Å². The number of aryl methyl sites for hydroxylation is 2. The van der Waals surface area contributed by atoms with Crippen LogP contribution in [0, 0.1) is 19.8 Å². The van der Waals surface area contributed by atoms with Crippen molar-refractivity contribution in [1.29, 1.82) is 0 Å². The summed E-state index contributed by atoms with van der Waals surface area (Å²) in [5.41, 5.74) is 0.378. The lowest BCUT2D eigenvalue weighted by atomic mass is 9.93. The molecule has 1 aliphatic carbocycles. The van der Waals surface area contributed by atoms with E-state index in [1.807, 2.05) is 4.90 Å². The zero-order valence-electron chi connectivity index (χ0n) is 14.8. The van der Waals surface area contributed by atoms with Gasteiger partial charge in [-0.25, -0.2) is 8.42 Å². The summed E-state index contributed by atoms with van der Waals surface area (Å²) in [5, 5.41) is 3.75.